The lowest BCUT2D eigenvalue weighted by Crippen LogP contribution is -2.35. The average molecular weight is 414 g/mol. The number of aryl methyl sites for hydroxylation is 2. The zero-order valence-corrected chi connectivity index (χ0v) is 18.1. The van der Waals surface area contributed by atoms with Crippen molar-refractivity contribution >= 4 is 11.6 Å². The molecule has 0 aromatic heterocycles. The van der Waals surface area contributed by atoms with Crippen LogP contribution in [-0.4, -0.2) is 28.7 Å². The standard InChI is InChI=1S/C24H35N3O3/c1-3-7-16-13-20(19-11-10-18(28)15-17(19)8-4-2)23(29)22(14-16)27-24(30)21(26)9-5-6-12-25/h10-11,13-15,21,28-29H,3-9,12,25-26H2,1-2H3,(H,27,30)/t21-/m0/s1. The van der Waals surface area contributed by atoms with E-state index in [0.29, 0.717) is 24.2 Å². The Balaban J connectivity index is 2.42. The quantitative estimate of drug-likeness (QED) is 0.281. The number of unbranched alkanes of at least 4 members (excludes halogenated alkanes) is 1. The first-order chi connectivity index (χ1) is 14.4. The van der Waals surface area contributed by atoms with E-state index in [2.05, 4.69) is 19.2 Å². The third-order valence-electron chi connectivity index (χ3n) is 5.17. The molecule has 2 aromatic carbocycles. The second kappa shape index (κ2) is 11.6. The van der Waals surface area contributed by atoms with Crippen LogP contribution in [0.3, 0.4) is 0 Å². The minimum absolute atomic E-state index is 0.0143. The molecular formula is C24H35N3O3. The molecule has 0 fully saturated rings. The number of benzene rings is 2. The van der Waals surface area contributed by atoms with Gasteiger partial charge < -0.3 is 27.0 Å². The molecule has 30 heavy (non-hydrogen) atoms. The number of aromatic hydroxyl groups is 2. The number of hydrogen-bond acceptors (Lipinski definition) is 5. The monoisotopic (exact) mass is 413 g/mol. The lowest BCUT2D eigenvalue weighted by Gasteiger charge is -2.18. The zero-order chi connectivity index (χ0) is 22.1. The number of hydrogen-bond donors (Lipinski definition) is 5. The van der Waals surface area contributed by atoms with Crippen molar-refractivity contribution in [3.8, 4) is 22.6 Å². The molecule has 7 N–H and O–H groups in total. The van der Waals surface area contributed by atoms with Crippen LogP contribution in [0.25, 0.3) is 11.1 Å². The third-order valence-corrected chi connectivity index (χ3v) is 5.17. The van der Waals surface area contributed by atoms with Crippen LogP contribution in [0, 0.1) is 0 Å². The van der Waals surface area contributed by atoms with Crippen LogP contribution < -0.4 is 16.8 Å². The van der Waals surface area contributed by atoms with E-state index in [1.165, 1.54) is 0 Å². The second-order valence-corrected chi connectivity index (χ2v) is 7.76. The van der Waals surface area contributed by atoms with Crippen molar-refractivity contribution in [2.24, 2.45) is 11.5 Å². The Labute approximate surface area is 179 Å². The number of nitrogens with one attached hydrogen (secondary N) is 1. The van der Waals surface area contributed by atoms with Gasteiger partial charge in [0.2, 0.25) is 5.91 Å². The summed E-state index contributed by atoms with van der Waals surface area (Å²) >= 11 is 0. The molecule has 2 aromatic rings. The van der Waals surface area contributed by atoms with Gasteiger partial charge in [0.1, 0.15) is 11.5 Å². The summed E-state index contributed by atoms with van der Waals surface area (Å²) in [5.41, 5.74) is 15.4. The van der Waals surface area contributed by atoms with Gasteiger partial charge in [-0.1, -0.05) is 39.2 Å². The molecule has 1 amide bonds. The van der Waals surface area contributed by atoms with E-state index in [1.807, 2.05) is 18.2 Å². The number of nitrogens with two attached hydrogens (primary N) is 2. The molecule has 0 radical (unpaired) electrons. The van der Waals surface area contributed by atoms with Crippen LogP contribution >= 0.6 is 0 Å². The van der Waals surface area contributed by atoms with Crippen LogP contribution in [0.5, 0.6) is 11.5 Å². The normalized spacial score (nSPS) is 12.0. The Hall–Kier alpha value is -2.57. The second-order valence-electron chi connectivity index (χ2n) is 7.76. The van der Waals surface area contributed by atoms with Gasteiger partial charge in [-0.15, -0.1) is 0 Å². The Morgan fingerprint density at radius 3 is 2.43 bits per heavy atom. The predicted octanol–water partition coefficient (Wildman–Crippen LogP) is 4.06. The molecule has 6 nitrogen and oxygen atoms in total. The highest BCUT2D eigenvalue weighted by molar-refractivity contribution is 5.97. The molecular weight excluding hydrogens is 378 g/mol. The number of amides is 1. The van der Waals surface area contributed by atoms with E-state index in [9.17, 15) is 15.0 Å². The van der Waals surface area contributed by atoms with Crippen LogP contribution in [0.2, 0.25) is 0 Å². The maximum absolute atomic E-state index is 12.6. The van der Waals surface area contributed by atoms with Crippen molar-refractivity contribution in [1.29, 1.82) is 0 Å². The summed E-state index contributed by atoms with van der Waals surface area (Å²) in [6.07, 6.45) is 5.59. The highest BCUT2D eigenvalue weighted by atomic mass is 16.3. The molecule has 1 atom stereocenters. The van der Waals surface area contributed by atoms with Gasteiger partial charge in [-0.2, -0.15) is 0 Å². The number of phenols is 2. The fourth-order valence-electron chi connectivity index (χ4n) is 3.61. The summed E-state index contributed by atoms with van der Waals surface area (Å²) in [5, 5.41) is 23.7. The largest absolute Gasteiger partial charge is 0.508 e. The van der Waals surface area contributed by atoms with Gasteiger partial charge in [0.05, 0.1) is 11.7 Å². The Morgan fingerprint density at radius 2 is 1.77 bits per heavy atom. The Bertz CT molecular complexity index is 852. The predicted molar refractivity (Wildman–Crippen MR) is 123 cm³/mol. The Kier molecular flexibility index (Phi) is 9.15. The minimum atomic E-state index is -0.654. The molecule has 0 spiro atoms. The lowest BCUT2D eigenvalue weighted by atomic mass is 9.93. The molecule has 0 unspecified atom stereocenters. The number of rotatable bonds is 11. The molecule has 0 saturated carbocycles. The smallest absolute Gasteiger partial charge is 0.241 e. The summed E-state index contributed by atoms with van der Waals surface area (Å²) in [5.74, 6) is -0.106. The van der Waals surface area contributed by atoms with E-state index >= 15 is 0 Å². The molecule has 0 heterocycles. The SMILES string of the molecule is CCCc1cc(NC(=O)[C@@H](N)CCCCN)c(O)c(-c2ccc(O)cc2CCC)c1. The first-order valence-electron chi connectivity index (χ1n) is 10.9. The minimum Gasteiger partial charge on any atom is -0.508 e. The summed E-state index contributed by atoms with van der Waals surface area (Å²) in [6.45, 7) is 4.73. The maximum Gasteiger partial charge on any atom is 0.241 e. The highest BCUT2D eigenvalue weighted by Gasteiger charge is 2.19. The molecule has 2 rings (SSSR count). The first kappa shape index (κ1) is 23.7. The van der Waals surface area contributed by atoms with Crippen molar-refractivity contribution < 1.29 is 15.0 Å². The maximum atomic E-state index is 12.6. The van der Waals surface area contributed by atoms with E-state index in [0.717, 1.165) is 55.2 Å². The van der Waals surface area contributed by atoms with Crippen LogP contribution in [0.1, 0.15) is 57.1 Å². The van der Waals surface area contributed by atoms with Crippen molar-refractivity contribution in [1.82, 2.24) is 0 Å². The van der Waals surface area contributed by atoms with Crippen LogP contribution in [0.15, 0.2) is 30.3 Å². The van der Waals surface area contributed by atoms with Crippen LogP contribution in [0.4, 0.5) is 5.69 Å². The van der Waals surface area contributed by atoms with Gasteiger partial charge in [-0.05, 0) is 73.2 Å². The van der Waals surface area contributed by atoms with Gasteiger partial charge in [0.15, 0.2) is 0 Å². The topological polar surface area (TPSA) is 122 Å². The molecule has 0 aliphatic rings. The van der Waals surface area contributed by atoms with E-state index < -0.39 is 6.04 Å². The van der Waals surface area contributed by atoms with E-state index in [-0.39, 0.29) is 17.4 Å². The van der Waals surface area contributed by atoms with Gasteiger partial charge >= 0.3 is 0 Å². The molecule has 6 heteroatoms. The van der Waals surface area contributed by atoms with Crippen molar-refractivity contribution in [2.75, 3.05) is 11.9 Å². The van der Waals surface area contributed by atoms with Crippen molar-refractivity contribution in [3.63, 3.8) is 0 Å². The zero-order valence-electron chi connectivity index (χ0n) is 18.1. The molecule has 0 bridgehead atoms. The van der Waals surface area contributed by atoms with E-state index in [1.54, 1.807) is 12.1 Å². The summed E-state index contributed by atoms with van der Waals surface area (Å²) in [7, 11) is 0. The van der Waals surface area contributed by atoms with Crippen molar-refractivity contribution in [3.05, 3.63) is 41.5 Å². The fourth-order valence-corrected chi connectivity index (χ4v) is 3.61. The fraction of sp³-hybridized carbons (Fsp3) is 0.458. The summed E-state index contributed by atoms with van der Waals surface area (Å²) in [4.78, 5) is 12.6. The molecule has 0 aliphatic carbocycles. The molecule has 0 aliphatic heterocycles. The van der Waals surface area contributed by atoms with Gasteiger partial charge in [0.25, 0.3) is 0 Å². The molecule has 164 valence electrons. The number of anilines is 1. The average Bonchev–Trinajstić information content (AvgIpc) is 2.71. The first-order valence-corrected chi connectivity index (χ1v) is 10.9. The van der Waals surface area contributed by atoms with Gasteiger partial charge in [0, 0.05) is 5.56 Å². The van der Waals surface area contributed by atoms with Gasteiger partial charge in [-0.3, -0.25) is 4.79 Å². The summed E-state index contributed by atoms with van der Waals surface area (Å²) in [6, 6.07) is 8.28. The van der Waals surface area contributed by atoms with E-state index in [4.69, 9.17) is 11.5 Å². The van der Waals surface area contributed by atoms with Crippen LogP contribution in [-0.2, 0) is 17.6 Å². The third kappa shape index (κ3) is 6.21. The van der Waals surface area contributed by atoms with Crippen molar-refractivity contribution in [2.45, 2.75) is 64.8 Å². The number of phenolic OH excluding ortho intramolecular Hbond substituents is 2. The Morgan fingerprint density at radius 1 is 1.03 bits per heavy atom. The summed E-state index contributed by atoms with van der Waals surface area (Å²) < 4.78 is 0. The highest BCUT2D eigenvalue weighted by Crippen LogP contribution is 2.40. The number of carbonyl (C=O) groups is 1. The molecule has 0 saturated heterocycles. The van der Waals surface area contributed by atoms with Gasteiger partial charge in [-0.25, -0.2) is 0 Å². The lowest BCUT2D eigenvalue weighted by molar-refractivity contribution is -0.117. The number of carbonyl (C=O) groups excluding carboxylic acids is 1.